The Morgan fingerprint density at radius 2 is 2.32 bits per heavy atom. The van der Waals surface area contributed by atoms with Gasteiger partial charge in [0.15, 0.2) is 5.13 Å². The number of nitrogens with zero attached hydrogens (tertiary/aromatic N) is 3. The van der Waals surface area contributed by atoms with Gasteiger partial charge in [-0.3, -0.25) is 4.79 Å². The van der Waals surface area contributed by atoms with Crippen LogP contribution in [0.4, 0.5) is 5.13 Å². The number of imidazole rings is 1. The van der Waals surface area contributed by atoms with Gasteiger partial charge in [-0.1, -0.05) is 6.07 Å². The van der Waals surface area contributed by atoms with Crippen molar-refractivity contribution >= 4 is 33.4 Å². The number of nitrogens with one attached hydrogen (secondary N) is 1. The van der Waals surface area contributed by atoms with Gasteiger partial charge in [0, 0.05) is 18.6 Å². The zero-order chi connectivity index (χ0) is 13.2. The predicted octanol–water partition coefficient (Wildman–Crippen LogP) is 2.21. The zero-order valence-electron chi connectivity index (χ0n) is 10.3. The molecule has 1 N–H and O–H groups in total. The molecule has 0 aliphatic carbocycles. The topological polar surface area (TPSA) is 59.8 Å². The third-order valence-electron chi connectivity index (χ3n) is 2.83. The molecule has 0 spiro atoms. The van der Waals surface area contributed by atoms with Crippen molar-refractivity contribution in [1.82, 2.24) is 14.5 Å². The fourth-order valence-electron chi connectivity index (χ4n) is 1.93. The predicted molar refractivity (Wildman–Crippen MR) is 75.2 cm³/mol. The highest BCUT2D eigenvalue weighted by molar-refractivity contribution is 7.13. The minimum Gasteiger partial charge on any atom is -0.334 e. The fraction of sp³-hybridized carbons (Fsp3) is 0.154. The summed E-state index contributed by atoms with van der Waals surface area (Å²) in [4.78, 5) is 20.2. The number of anilines is 1. The molecule has 3 aromatic rings. The average molecular weight is 272 g/mol. The number of rotatable bonds is 3. The third kappa shape index (κ3) is 2.48. The number of benzene rings is 1. The molecule has 6 heteroatoms. The van der Waals surface area contributed by atoms with Crippen molar-refractivity contribution in [3.05, 3.63) is 41.7 Å². The highest BCUT2D eigenvalue weighted by Gasteiger charge is 2.07. The van der Waals surface area contributed by atoms with Gasteiger partial charge in [0.05, 0.1) is 23.8 Å². The Labute approximate surface area is 113 Å². The summed E-state index contributed by atoms with van der Waals surface area (Å²) >= 11 is 1.41. The van der Waals surface area contributed by atoms with Crippen molar-refractivity contribution in [1.29, 1.82) is 0 Å². The Bertz CT molecular complexity index is 717. The minimum atomic E-state index is -0.0646. The van der Waals surface area contributed by atoms with Gasteiger partial charge < -0.3 is 9.88 Å². The van der Waals surface area contributed by atoms with E-state index in [1.54, 1.807) is 12.5 Å². The molecule has 3 rings (SSSR count). The first-order valence-corrected chi connectivity index (χ1v) is 6.69. The molecule has 0 aliphatic heterocycles. The highest BCUT2D eigenvalue weighted by Crippen LogP contribution is 2.15. The largest absolute Gasteiger partial charge is 0.334 e. The monoisotopic (exact) mass is 272 g/mol. The van der Waals surface area contributed by atoms with Crippen LogP contribution >= 0.6 is 11.3 Å². The van der Waals surface area contributed by atoms with E-state index in [1.165, 1.54) is 11.3 Å². The van der Waals surface area contributed by atoms with E-state index in [0.717, 1.165) is 16.6 Å². The van der Waals surface area contributed by atoms with E-state index in [-0.39, 0.29) is 5.91 Å². The summed E-state index contributed by atoms with van der Waals surface area (Å²) in [6.07, 6.45) is 3.76. The van der Waals surface area contributed by atoms with E-state index in [0.29, 0.717) is 11.6 Å². The molecule has 1 amide bonds. The van der Waals surface area contributed by atoms with Gasteiger partial charge in [0.1, 0.15) is 0 Å². The summed E-state index contributed by atoms with van der Waals surface area (Å²) in [5.41, 5.74) is 2.91. The number of thiazole rings is 1. The molecule has 0 saturated carbocycles. The lowest BCUT2D eigenvalue weighted by molar-refractivity contribution is -0.115. The molecule has 0 radical (unpaired) electrons. The maximum absolute atomic E-state index is 11.9. The normalized spacial score (nSPS) is 10.8. The quantitative estimate of drug-likeness (QED) is 0.795. The molecule has 5 nitrogen and oxygen atoms in total. The van der Waals surface area contributed by atoms with E-state index < -0.39 is 0 Å². The van der Waals surface area contributed by atoms with Gasteiger partial charge in [-0.15, -0.1) is 11.3 Å². The molecule has 19 heavy (non-hydrogen) atoms. The van der Waals surface area contributed by atoms with Gasteiger partial charge >= 0.3 is 0 Å². The number of hydrogen-bond donors (Lipinski definition) is 1. The summed E-state index contributed by atoms with van der Waals surface area (Å²) in [6, 6.07) is 5.87. The van der Waals surface area contributed by atoms with Crippen LogP contribution in [0.2, 0.25) is 0 Å². The Balaban J connectivity index is 1.75. The average Bonchev–Trinajstić information content (AvgIpc) is 3.00. The first-order valence-electron chi connectivity index (χ1n) is 5.82. The van der Waals surface area contributed by atoms with E-state index in [1.807, 2.05) is 35.2 Å². The summed E-state index contributed by atoms with van der Waals surface area (Å²) in [7, 11) is 1.95. The maximum atomic E-state index is 11.9. The van der Waals surface area contributed by atoms with Crippen molar-refractivity contribution in [3.8, 4) is 0 Å². The number of hydrogen-bond acceptors (Lipinski definition) is 4. The van der Waals surface area contributed by atoms with Gasteiger partial charge in [-0.2, -0.15) is 0 Å². The number of fused-ring (bicyclic) bond motifs is 1. The minimum absolute atomic E-state index is 0.0646. The molecular formula is C13H12N4OS. The highest BCUT2D eigenvalue weighted by atomic mass is 32.1. The lowest BCUT2D eigenvalue weighted by Gasteiger charge is -2.02. The van der Waals surface area contributed by atoms with Crippen LogP contribution in [0.25, 0.3) is 11.0 Å². The van der Waals surface area contributed by atoms with Crippen molar-refractivity contribution in [2.75, 3.05) is 5.32 Å². The van der Waals surface area contributed by atoms with Crippen molar-refractivity contribution in [3.63, 3.8) is 0 Å². The number of aromatic nitrogens is 3. The second kappa shape index (κ2) is 4.81. The van der Waals surface area contributed by atoms with Crippen LogP contribution in [0.15, 0.2) is 36.1 Å². The van der Waals surface area contributed by atoms with E-state index in [9.17, 15) is 4.79 Å². The Morgan fingerprint density at radius 3 is 3.11 bits per heavy atom. The van der Waals surface area contributed by atoms with Crippen LogP contribution < -0.4 is 5.32 Å². The van der Waals surface area contributed by atoms with Crippen LogP contribution in [-0.4, -0.2) is 20.4 Å². The van der Waals surface area contributed by atoms with Gasteiger partial charge in [-0.05, 0) is 17.7 Å². The van der Waals surface area contributed by atoms with Crippen molar-refractivity contribution in [2.45, 2.75) is 6.42 Å². The van der Waals surface area contributed by atoms with Gasteiger partial charge in [0.25, 0.3) is 0 Å². The molecule has 2 heterocycles. The van der Waals surface area contributed by atoms with Crippen LogP contribution in [-0.2, 0) is 18.3 Å². The molecule has 0 fully saturated rings. The third-order valence-corrected chi connectivity index (χ3v) is 3.52. The Morgan fingerprint density at radius 1 is 1.42 bits per heavy atom. The molecule has 0 saturated heterocycles. The SMILES string of the molecule is Cn1cnc2cc(CC(=O)Nc3nccs3)ccc21. The summed E-state index contributed by atoms with van der Waals surface area (Å²) in [5.74, 6) is -0.0646. The first-order chi connectivity index (χ1) is 9.22. The number of carbonyl (C=O) groups excluding carboxylic acids is 1. The molecule has 0 atom stereocenters. The molecular weight excluding hydrogens is 260 g/mol. The van der Waals surface area contributed by atoms with Gasteiger partial charge in [-0.25, -0.2) is 9.97 Å². The second-order valence-electron chi connectivity index (χ2n) is 4.24. The Kier molecular flexibility index (Phi) is 3.00. The van der Waals surface area contributed by atoms with Crippen LogP contribution in [0.1, 0.15) is 5.56 Å². The fourth-order valence-corrected chi connectivity index (χ4v) is 2.47. The van der Waals surface area contributed by atoms with Crippen LogP contribution in [0, 0.1) is 0 Å². The summed E-state index contributed by atoms with van der Waals surface area (Å²) < 4.78 is 1.95. The smallest absolute Gasteiger partial charge is 0.230 e. The number of amides is 1. The van der Waals surface area contributed by atoms with Crippen molar-refractivity contribution in [2.24, 2.45) is 7.05 Å². The van der Waals surface area contributed by atoms with Crippen LogP contribution in [0.5, 0.6) is 0 Å². The van der Waals surface area contributed by atoms with Crippen LogP contribution in [0.3, 0.4) is 0 Å². The van der Waals surface area contributed by atoms with E-state index >= 15 is 0 Å². The maximum Gasteiger partial charge on any atom is 0.230 e. The summed E-state index contributed by atoms with van der Waals surface area (Å²) in [6.45, 7) is 0. The van der Waals surface area contributed by atoms with Gasteiger partial charge in [0.2, 0.25) is 5.91 Å². The zero-order valence-corrected chi connectivity index (χ0v) is 11.1. The molecule has 0 unspecified atom stereocenters. The molecule has 1 aromatic carbocycles. The first kappa shape index (κ1) is 11.9. The van der Waals surface area contributed by atoms with Crippen molar-refractivity contribution < 1.29 is 4.79 Å². The number of carbonyl (C=O) groups is 1. The summed E-state index contributed by atoms with van der Waals surface area (Å²) in [5, 5.41) is 5.22. The molecule has 2 aromatic heterocycles. The lowest BCUT2D eigenvalue weighted by Crippen LogP contribution is -2.14. The standard InChI is InChI=1S/C13H12N4OS/c1-17-8-15-10-6-9(2-3-11(10)17)7-12(18)16-13-14-4-5-19-13/h2-6,8H,7H2,1H3,(H,14,16,18). The molecule has 0 bridgehead atoms. The lowest BCUT2D eigenvalue weighted by atomic mass is 10.1. The second-order valence-corrected chi connectivity index (χ2v) is 5.14. The molecule has 96 valence electrons. The molecule has 0 aliphatic rings. The van der Waals surface area contributed by atoms with E-state index in [2.05, 4.69) is 15.3 Å². The number of aryl methyl sites for hydroxylation is 1. The Hall–Kier alpha value is -2.21. The van der Waals surface area contributed by atoms with E-state index in [4.69, 9.17) is 0 Å².